The number of benzene rings is 2. The van der Waals surface area contributed by atoms with E-state index in [0.717, 1.165) is 41.4 Å². The van der Waals surface area contributed by atoms with E-state index >= 15 is 0 Å². The maximum atomic E-state index is 13.1. The summed E-state index contributed by atoms with van der Waals surface area (Å²) in [5, 5.41) is 1.26. The van der Waals surface area contributed by atoms with Crippen LogP contribution in [0.1, 0.15) is 12.8 Å². The molecule has 2 aromatic carbocycles. The summed E-state index contributed by atoms with van der Waals surface area (Å²) in [6.07, 6.45) is 3.56. The number of carbonyl (C=O) groups is 1. The monoisotopic (exact) mass is 552 g/mol. The molecular formula is C27H26Cl2N6OS. The predicted molar refractivity (Wildman–Crippen MR) is 151 cm³/mol. The Hall–Kier alpha value is -2.81. The zero-order valence-corrected chi connectivity index (χ0v) is 22.5. The molecule has 0 atom stereocenters. The molecule has 7 nitrogen and oxygen atoms in total. The minimum Gasteiger partial charge on any atom is -0.351 e. The fraction of sp³-hybridized carbons (Fsp3) is 0.333. The third-order valence-corrected chi connectivity index (χ3v) is 8.72. The summed E-state index contributed by atoms with van der Waals surface area (Å²) < 4.78 is 2.00. The quantitative estimate of drug-likeness (QED) is 0.329. The summed E-state index contributed by atoms with van der Waals surface area (Å²) >= 11 is 14.7. The molecule has 10 heteroatoms. The zero-order valence-electron chi connectivity index (χ0n) is 20.2. The molecule has 2 fully saturated rings. The first-order valence-corrected chi connectivity index (χ1v) is 14.4. The molecule has 0 radical (unpaired) electrons. The molecule has 0 saturated carbocycles. The average molecular weight is 554 g/mol. The number of piperazine rings is 1. The van der Waals surface area contributed by atoms with E-state index < -0.39 is 0 Å². The summed E-state index contributed by atoms with van der Waals surface area (Å²) in [6.45, 7) is 2.77. The van der Waals surface area contributed by atoms with Crippen LogP contribution in [0, 0.1) is 5.92 Å². The van der Waals surface area contributed by atoms with Gasteiger partial charge in [0.05, 0.1) is 5.02 Å². The van der Waals surface area contributed by atoms with Gasteiger partial charge in [-0.3, -0.25) is 9.36 Å². The number of imidazole rings is 1. The van der Waals surface area contributed by atoms with Crippen molar-refractivity contribution >= 4 is 57.9 Å². The van der Waals surface area contributed by atoms with Crippen LogP contribution in [0.15, 0.2) is 54.9 Å². The van der Waals surface area contributed by atoms with Crippen molar-refractivity contribution in [3.05, 3.63) is 64.9 Å². The molecule has 1 amide bonds. The van der Waals surface area contributed by atoms with E-state index in [0.29, 0.717) is 59.1 Å². The second kappa shape index (κ2) is 10.5. The molecule has 0 N–H and O–H groups in total. The van der Waals surface area contributed by atoms with E-state index in [1.807, 2.05) is 69.8 Å². The lowest BCUT2D eigenvalue weighted by Crippen LogP contribution is -2.51. The molecule has 0 bridgehead atoms. The van der Waals surface area contributed by atoms with Crippen LogP contribution >= 0.6 is 35.0 Å². The third-order valence-electron chi connectivity index (χ3n) is 7.09. The Morgan fingerprint density at radius 1 is 0.919 bits per heavy atom. The molecule has 0 aliphatic carbocycles. The number of amides is 1. The van der Waals surface area contributed by atoms with Crippen LogP contribution in [0.2, 0.25) is 10.0 Å². The van der Waals surface area contributed by atoms with E-state index in [-0.39, 0.29) is 5.92 Å². The topological polar surface area (TPSA) is 67.2 Å². The largest absolute Gasteiger partial charge is 0.351 e. The fourth-order valence-electron chi connectivity index (χ4n) is 5.11. The highest BCUT2D eigenvalue weighted by molar-refractivity contribution is 7.99. The van der Waals surface area contributed by atoms with Gasteiger partial charge in [-0.1, -0.05) is 35.3 Å². The zero-order chi connectivity index (χ0) is 25.4. The Morgan fingerprint density at radius 3 is 2.38 bits per heavy atom. The summed E-state index contributed by atoms with van der Waals surface area (Å²) in [5.41, 5.74) is 3.09. The molecule has 6 rings (SSSR count). The van der Waals surface area contributed by atoms with Crippen molar-refractivity contribution in [2.45, 2.75) is 12.8 Å². The molecule has 4 aromatic rings. The standard InChI is InChI=1S/C27H26Cl2N6OS/c28-19-5-7-20(8-6-19)35-24(21-3-1-2-4-22(21)29)32-23-25(30-17-31-26(23)35)33-11-13-34(14-12-33)27(36)18-9-15-37-16-10-18/h1-8,17-18H,9-16H2. The van der Waals surface area contributed by atoms with Gasteiger partial charge in [0.1, 0.15) is 12.2 Å². The molecule has 0 spiro atoms. The molecule has 2 aliphatic rings. The predicted octanol–water partition coefficient (Wildman–Crippen LogP) is 5.58. The van der Waals surface area contributed by atoms with Gasteiger partial charge in [0.15, 0.2) is 17.0 Å². The van der Waals surface area contributed by atoms with Gasteiger partial charge in [0.25, 0.3) is 0 Å². The van der Waals surface area contributed by atoms with Gasteiger partial charge in [-0.05, 0) is 60.7 Å². The first-order chi connectivity index (χ1) is 18.1. The van der Waals surface area contributed by atoms with Crippen molar-refractivity contribution in [3.63, 3.8) is 0 Å². The summed E-state index contributed by atoms with van der Waals surface area (Å²) in [5.74, 6) is 4.10. The molecule has 2 aromatic heterocycles. The molecular weight excluding hydrogens is 527 g/mol. The number of hydrogen-bond acceptors (Lipinski definition) is 6. The minimum absolute atomic E-state index is 0.173. The van der Waals surface area contributed by atoms with Gasteiger partial charge in [0, 0.05) is 48.4 Å². The molecule has 2 saturated heterocycles. The first kappa shape index (κ1) is 24.5. The first-order valence-electron chi connectivity index (χ1n) is 12.5. The minimum atomic E-state index is 0.173. The number of hydrogen-bond donors (Lipinski definition) is 0. The highest BCUT2D eigenvalue weighted by atomic mass is 35.5. The van der Waals surface area contributed by atoms with E-state index in [4.69, 9.17) is 28.2 Å². The average Bonchev–Trinajstić information content (AvgIpc) is 3.33. The van der Waals surface area contributed by atoms with Gasteiger partial charge in [-0.15, -0.1) is 0 Å². The van der Waals surface area contributed by atoms with E-state index in [2.05, 4.69) is 14.9 Å². The summed E-state index contributed by atoms with van der Waals surface area (Å²) in [7, 11) is 0. The Morgan fingerprint density at radius 2 is 1.65 bits per heavy atom. The van der Waals surface area contributed by atoms with E-state index in [9.17, 15) is 4.79 Å². The van der Waals surface area contributed by atoms with Crippen LogP contribution in [0.3, 0.4) is 0 Å². The molecule has 37 heavy (non-hydrogen) atoms. The van der Waals surface area contributed by atoms with Crippen molar-refractivity contribution in [1.29, 1.82) is 0 Å². The SMILES string of the molecule is O=C(C1CCSCC1)N1CCN(c2ncnc3c2nc(-c2ccccc2Cl)n3-c2ccc(Cl)cc2)CC1. The van der Waals surface area contributed by atoms with Gasteiger partial charge < -0.3 is 9.80 Å². The van der Waals surface area contributed by atoms with E-state index in [1.165, 1.54) is 0 Å². The van der Waals surface area contributed by atoms with Gasteiger partial charge in [-0.2, -0.15) is 11.8 Å². The molecule has 0 unspecified atom stereocenters. The van der Waals surface area contributed by atoms with E-state index in [1.54, 1.807) is 6.33 Å². The number of thioether (sulfide) groups is 1. The number of fused-ring (bicyclic) bond motifs is 1. The van der Waals surface area contributed by atoms with Crippen molar-refractivity contribution in [1.82, 2.24) is 24.4 Å². The number of rotatable bonds is 4. The number of aromatic nitrogens is 4. The van der Waals surface area contributed by atoms with Crippen LogP contribution in [-0.2, 0) is 4.79 Å². The lowest BCUT2D eigenvalue weighted by atomic mass is 10.0. The summed E-state index contributed by atoms with van der Waals surface area (Å²) in [6, 6.07) is 15.2. The van der Waals surface area contributed by atoms with Crippen molar-refractivity contribution in [3.8, 4) is 17.1 Å². The Kier molecular flexibility index (Phi) is 6.97. The fourth-order valence-corrected chi connectivity index (χ4v) is 6.56. The normalized spacial score (nSPS) is 16.9. The number of halogens is 2. The number of nitrogens with zero attached hydrogens (tertiary/aromatic N) is 6. The van der Waals surface area contributed by atoms with Crippen LogP contribution in [0.25, 0.3) is 28.2 Å². The molecule has 4 heterocycles. The van der Waals surface area contributed by atoms with Gasteiger partial charge in [-0.25, -0.2) is 15.0 Å². The molecule has 2 aliphatic heterocycles. The Labute approximate surface area is 229 Å². The third kappa shape index (κ3) is 4.78. The van der Waals surface area contributed by atoms with Crippen LogP contribution in [0.5, 0.6) is 0 Å². The lowest BCUT2D eigenvalue weighted by molar-refractivity contribution is -0.136. The highest BCUT2D eigenvalue weighted by Crippen LogP contribution is 2.35. The lowest BCUT2D eigenvalue weighted by Gasteiger charge is -2.37. The van der Waals surface area contributed by atoms with Crippen LogP contribution in [-0.4, -0.2) is 68.0 Å². The maximum absolute atomic E-state index is 13.1. The summed E-state index contributed by atoms with van der Waals surface area (Å²) in [4.78, 5) is 31.6. The van der Waals surface area contributed by atoms with Crippen molar-refractivity contribution in [2.24, 2.45) is 5.92 Å². The van der Waals surface area contributed by atoms with Crippen molar-refractivity contribution < 1.29 is 4.79 Å². The van der Waals surface area contributed by atoms with Crippen molar-refractivity contribution in [2.75, 3.05) is 42.6 Å². The maximum Gasteiger partial charge on any atom is 0.225 e. The number of carbonyl (C=O) groups excluding carboxylic acids is 1. The molecule has 190 valence electrons. The van der Waals surface area contributed by atoms with Gasteiger partial charge in [0.2, 0.25) is 5.91 Å². The van der Waals surface area contributed by atoms with Crippen LogP contribution in [0.4, 0.5) is 5.82 Å². The second-order valence-electron chi connectivity index (χ2n) is 9.30. The van der Waals surface area contributed by atoms with Gasteiger partial charge >= 0.3 is 0 Å². The highest BCUT2D eigenvalue weighted by Gasteiger charge is 2.30. The Balaban J connectivity index is 1.36. The smallest absolute Gasteiger partial charge is 0.225 e. The van der Waals surface area contributed by atoms with Crippen LogP contribution < -0.4 is 4.90 Å². The second-order valence-corrected chi connectivity index (χ2v) is 11.4. The number of anilines is 1. The Bertz CT molecular complexity index is 1430.